The van der Waals surface area contributed by atoms with Crippen LogP contribution in [-0.4, -0.2) is 73.6 Å². The van der Waals surface area contributed by atoms with Gasteiger partial charge in [-0.05, 0) is 66.2 Å². The van der Waals surface area contributed by atoms with E-state index < -0.39 is 0 Å². The first kappa shape index (κ1) is 30.7. The predicted octanol–water partition coefficient (Wildman–Crippen LogP) is 6.33. The van der Waals surface area contributed by atoms with Gasteiger partial charge in [0.15, 0.2) is 23.0 Å². The summed E-state index contributed by atoms with van der Waals surface area (Å²) in [7, 11) is 3.10. The van der Waals surface area contributed by atoms with Crippen LogP contribution >= 0.6 is 0 Å². The average molecular weight is 660 g/mol. The normalized spacial score (nSPS) is 20.4. The van der Waals surface area contributed by atoms with Crippen molar-refractivity contribution in [2.45, 2.75) is 44.2 Å². The molecule has 4 heterocycles. The highest BCUT2D eigenvalue weighted by molar-refractivity contribution is 6.06. The van der Waals surface area contributed by atoms with Crippen molar-refractivity contribution in [3.63, 3.8) is 0 Å². The number of ether oxygens (including phenoxy) is 4. The van der Waals surface area contributed by atoms with E-state index >= 15 is 0 Å². The van der Waals surface area contributed by atoms with Crippen LogP contribution in [0.5, 0.6) is 23.0 Å². The Morgan fingerprint density at radius 3 is 1.84 bits per heavy atom. The van der Waals surface area contributed by atoms with Gasteiger partial charge in [0, 0.05) is 55.5 Å². The van der Waals surface area contributed by atoms with Gasteiger partial charge in [-0.25, -0.2) is 0 Å². The van der Waals surface area contributed by atoms with Gasteiger partial charge in [-0.3, -0.25) is 19.6 Å². The summed E-state index contributed by atoms with van der Waals surface area (Å²) in [5.41, 5.74) is 12.0. The molecule has 0 saturated heterocycles. The van der Waals surface area contributed by atoms with Crippen LogP contribution in [0.2, 0.25) is 0 Å². The minimum absolute atomic E-state index is 0.0565. The van der Waals surface area contributed by atoms with Gasteiger partial charge >= 0.3 is 0 Å². The minimum Gasteiger partial charge on any atom is -0.493 e. The fraction of sp³-hybridized carbons (Fsp3) is 0.316. The monoisotopic (exact) mass is 659 g/mol. The highest BCUT2D eigenvalue weighted by Crippen LogP contribution is 2.44. The zero-order valence-electron chi connectivity index (χ0n) is 27.4. The number of carbonyl (C=O) groups is 2. The van der Waals surface area contributed by atoms with E-state index in [1.807, 2.05) is 49.1 Å². The SMILES string of the molecule is COc1cc2c(cc1OCCCOc1cc3c(cc1OC)C(=O)N1C=C(C4CC4)CC1C=N3)N=CC1CC(c3ccc(N)cc3)=CN1C2=O. The lowest BCUT2D eigenvalue weighted by molar-refractivity contribution is 0.0809. The Morgan fingerprint density at radius 2 is 1.29 bits per heavy atom. The van der Waals surface area contributed by atoms with E-state index in [1.165, 1.54) is 18.4 Å². The molecule has 1 fully saturated rings. The maximum absolute atomic E-state index is 13.7. The number of benzene rings is 3. The molecule has 5 aliphatic rings. The summed E-state index contributed by atoms with van der Waals surface area (Å²) in [4.78, 5) is 40.0. The topological polar surface area (TPSA) is 128 Å². The first-order valence-corrected chi connectivity index (χ1v) is 16.6. The number of amides is 2. The third kappa shape index (κ3) is 5.79. The van der Waals surface area contributed by atoms with Crippen LogP contribution in [0.4, 0.5) is 17.1 Å². The molecule has 49 heavy (non-hydrogen) atoms. The number of methoxy groups -OCH3 is 2. The molecule has 0 radical (unpaired) electrons. The molecule has 1 saturated carbocycles. The number of carbonyl (C=O) groups excluding carboxylic acids is 2. The Balaban J connectivity index is 0.916. The first-order chi connectivity index (χ1) is 23.9. The van der Waals surface area contributed by atoms with E-state index in [0.717, 1.165) is 17.6 Å². The summed E-state index contributed by atoms with van der Waals surface area (Å²) in [5, 5.41) is 0. The van der Waals surface area contributed by atoms with Gasteiger partial charge in [0.2, 0.25) is 0 Å². The zero-order chi connectivity index (χ0) is 33.6. The van der Waals surface area contributed by atoms with E-state index in [-0.39, 0.29) is 23.9 Å². The number of nitrogen functional groups attached to an aromatic ring is 1. The molecule has 2 atom stereocenters. The van der Waals surface area contributed by atoms with Crippen LogP contribution in [0.1, 0.15) is 58.4 Å². The van der Waals surface area contributed by atoms with E-state index in [4.69, 9.17) is 24.7 Å². The molecule has 0 aromatic heterocycles. The van der Waals surface area contributed by atoms with Crippen LogP contribution < -0.4 is 24.7 Å². The van der Waals surface area contributed by atoms with Gasteiger partial charge in [0.25, 0.3) is 11.8 Å². The molecule has 0 bridgehead atoms. The van der Waals surface area contributed by atoms with Crippen molar-refractivity contribution in [2.24, 2.45) is 15.9 Å². The molecular formula is C38H37N5O6. The van der Waals surface area contributed by atoms with Crippen LogP contribution in [0.3, 0.4) is 0 Å². The number of rotatable bonds is 10. The second-order valence-corrected chi connectivity index (χ2v) is 12.9. The smallest absolute Gasteiger partial charge is 0.260 e. The third-order valence-electron chi connectivity index (χ3n) is 9.64. The summed E-state index contributed by atoms with van der Waals surface area (Å²) in [5.74, 6) is 2.29. The van der Waals surface area contributed by atoms with Crippen LogP contribution in [0, 0.1) is 5.92 Å². The van der Waals surface area contributed by atoms with Gasteiger partial charge in [-0.15, -0.1) is 0 Å². The van der Waals surface area contributed by atoms with E-state index in [2.05, 4.69) is 9.98 Å². The van der Waals surface area contributed by atoms with Gasteiger partial charge in [-0.2, -0.15) is 0 Å². The minimum atomic E-state index is -0.192. The van der Waals surface area contributed by atoms with E-state index in [0.29, 0.717) is 83.2 Å². The molecule has 2 amide bonds. The molecule has 11 nitrogen and oxygen atoms in total. The lowest BCUT2D eigenvalue weighted by atomic mass is 10.0. The van der Waals surface area contributed by atoms with Crippen molar-refractivity contribution < 1.29 is 28.5 Å². The molecule has 4 aliphatic heterocycles. The molecule has 3 aromatic rings. The zero-order valence-corrected chi connectivity index (χ0v) is 27.4. The fourth-order valence-corrected chi connectivity index (χ4v) is 6.82. The highest BCUT2D eigenvalue weighted by atomic mass is 16.5. The van der Waals surface area contributed by atoms with Crippen molar-refractivity contribution in [3.05, 3.63) is 83.2 Å². The summed E-state index contributed by atoms with van der Waals surface area (Å²) < 4.78 is 23.4. The third-order valence-corrected chi connectivity index (χ3v) is 9.64. The number of hydrogen-bond donors (Lipinski definition) is 1. The number of fused-ring (bicyclic) bond motifs is 4. The quantitative estimate of drug-likeness (QED) is 0.199. The lowest BCUT2D eigenvalue weighted by Gasteiger charge is -2.19. The summed E-state index contributed by atoms with van der Waals surface area (Å²) in [6.07, 6.45) is 12.0. The van der Waals surface area contributed by atoms with Gasteiger partial charge in [0.1, 0.15) is 0 Å². The number of hydrogen-bond acceptors (Lipinski definition) is 9. The van der Waals surface area contributed by atoms with E-state index in [1.54, 1.807) is 48.3 Å². The summed E-state index contributed by atoms with van der Waals surface area (Å²) in [6.45, 7) is 0.656. The largest absolute Gasteiger partial charge is 0.493 e. The Bertz CT molecular complexity index is 1960. The van der Waals surface area contributed by atoms with Crippen molar-refractivity contribution >= 4 is 46.9 Å². The Labute approximate surface area is 284 Å². The second-order valence-electron chi connectivity index (χ2n) is 12.9. The summed E-state index contributed by atoms with van der Waals surface area (Å²) >= 11 is 0. The standard InChI is InChI=1S/C38H37N5O6/c1-46-33-14-29-31(40-18-27-12-24(22-4-5-22)20-42(27)37(29)44)16-35(33)48-10-3-11-49-36-17-32-30(15-34(36)47-2)38(45)43-21-25(13-28(43)19-41-32)23-6-8-26(39)9-7-23/h6-9,14-22,27-28H,3-5,10-13,39H2,1-2H3. The number of aliphatic imine (C=N–C) groups is 2. The average Bonchev–Trinajstić information content (AvgIpc) is 3.79. The number of nitrogens with zero attached hydrogens (tertiary/aromatic N) is 4. The van der Waals surface area contributed by atoms with Gasteiger partial charge in [-0.1, -0.05) is 12.1 Å². The second kappa shape index (κ2) is 12.5. The molecular weight excluding hydrogens is 622 g/mol. The lowest BCUT2D eigenvalue weighted by Crippen LogP contribution is -2.32. The molecule has 2 unspecified atom stereocenters. The Morgan fingerprint density at radius 1 is 0.735 bits per heavy atom. The van der Waals surface area contributed by atoms with Gasteiger partial charge in [0.05, 0.1) is 62.0 Å². The van der Waals surface area contributed by atoms with Crippen molar-refractivity contribution in [1.82, 2.24) is 9.80 Å². The van der Waals surface area contributed by atoms with Gasteiger partial charge < -0.3 is 34.5 Å². The van der Waals surface area contributed by atoms with Crippen LogP contribution in [0.25, 0.3) is 5.57 Å². The fourth-order valence-electron chi connectivity index (χ4n) is 6.82. The van der Waals surface area contributed by atoms with Crippen molar-refractivity contribution in [1.29, 1.82) is 0 Å². The molecule has 8 rings (SSSR count). The molecule has 250 valence electrons. The van der Waals surface area contributed by atoms with Crippen molar-refractivity contribution in [3.8, 4) is 23.0 Å². The molecule has 1 aliphatic carbocycles. The molecule has 0 spiro atoms. The van der Waals surface area contributed by atoms with Crippen LogP contribution in [0.15, 0.2) is 76.5 Å². The first-order valence-electron chi connectivity index (χ1n) is 16.6. The highest BCUT2D eigenvalue weighted by Gasteiger charge is 2.38. The Kier molecular flexibility index (Phi) is 7.82. The van der Waals surface area contributed by atoms with Crippen molar-refractivity contribution in [2.75, 3.05) is 33.2 Å². The number of nitrogens with two attached hydrogens (primary N) is 1. The molecule has 11 heteroatoms. The summed E-state index contributed by atoms with van der Waals surface area (Å²) in [6, 6.07) is 14.3. The Hall–Kier alpha value is -5.58. The van der Waals surface area contributed by atoms with Crippen LogP contribution in [-0.2, 0) is 0 Å². The molecule has 2 N–H and O–H groups in total. The molecule has 3 aromatic carbocycles. The maximum Gasteiger partial charge on any atom is 0.260 e. The van der Waals surface area contributed by atoms with E-state index in [9.17, 15) is 9.59 Å². The maximum atomic E-state index is 13.7. The number of anilines is 1. The predicted molar refractivity (Wildman–Crippen MR) is 187 cm³/mol.